The summed E-state index contributed by atoms with van der Waals surface area (Å²) in [7, 11) is 0. The van der Waals surface area contributed by atoms with Crippen LogP contribution in [-0.2, 0) is 14.3 Å². The van der Waals surface area contributed by atoms with Crippen LogP contribution in [0.15, 0.2) is 0 Å². The lowest BCUT2D eigenvalue weighted by molar-refractivity contribution is -0.158. The molecule has 1 aliphatic heterocycles. The molecule has 86 valence electrons. The molecule has 0 radical (unpaired) electrons. The number of cyclic esters (lactones) is 1. The average Bonchev–Trinajstić information content (AvgIpc) is 2.43. The summed E-state index contributed by atoms with van der Waals surface area (Å²) in [6.45, 7) is 4.74. The lowest BCUT2D eigenvalue weighted by Crippen LogP contribution is -2.44. The molecule has 1 fully saturated rings. The Hall–Kier alpha value is -1.30. The van der Waals surface area contributed by atoms with Crippen molar-refractivity contribution < 1.29 is 24.2 Å². The highest BCUT2D eigenvalue weighted by Gasteiger charge is 2.41. The Morgan fingerprint density at radius 1 is 1.60 bits per heavy atom. The number of amides is 1. The molecule has 0 bridgehead atoms. The summed E-state index contributed by atoms with van der Waals surface area (Å²) in [5, 5.41) is 11.2. The third-order valence-corrected chi connectivity index (χ3v) is 1.74. The van der Waals surface area contributed by atoms with Gasteiger partial charge in [-0.1, -0.05) is 0 Å². The molecule has 0 aromatic carbocycles. The molecule has 1 rings (SSSR count). The van der Waals surface area contributed by atoms with E-state index in [1.807, 2.05) is 0 Å². The molecule has 1 saturated heterocycles. The predicted molar refractivity (Wildman–Crippen MR) is 50.1 cm³/mol. The Morgan fingerprint density at radius 3 is 2.67 bits per heavy atom. The third kappa shape index (κ3) is 3.09. The first kappa shape index (κ1) is 11.8. The van der Waals surface area contributed by atoms with E-state index in [-0.39, 0.29) is 0 Å². The zero-order valence-electron chi connectivity index (χ0n) is 8.94. The molecule has 6 heteroatoms. The summed E-state index contributed by atoms with van der Waals surface area (Å²) in [4.78, 5) is 22.4. The molecule has 0 aromatic heterocycles. The highest BCUT2D eigenvalue weighted by Crippen LogP contribution is 2.14. The number of aliphatic hydroxyl groups is 1. The minimum absolute atomic E-state index is 0.414. The first-order chi connectivity index (χ1) is 6.83. The largest absolute Gasteiger partial charge is 0.458 e. The molecular weight excluding hydrogens is 202 g/mol. The van der Waals surface area contributed by atoms with E-state index in [9.17, 15) is 9.59 Å². The number of ether oxygens (including phenoxy) is 2. The third-order valence-electron chi connectivity index (χ3n) is 1.74. The molecule has 1 heterocycles. The maximum atomic E-state index is 11.5. The molecule has 6 nitrogen and oxygen atoms in total. The highest BCUT2D eigenvalue weighted by atomic mass is 16.6. The zero-order valence-corrected chi connectivity index (χ0v) is 8.94. The van der Waals surface area contributed by atoms with Crippen molar-refractivity contribution in [3.8, 4) is 0 Å². The van der Waals surface area contributed by atoms with Gasteiger partial charge in [0.15, 0.2) is 12.1 Å². The highest BCUT2D eigenvalue weighted by molar-refractivity contribution is 5.85. The van der Waals surface area contributed by atoms with Crippen molar-refractivity contribution in [2.45, 2.75) is 38.5 Å². The van der Waals surface area contributed by atoms with Crippen LogP contribution in [0.2, 0.25) is 0 Å². The second-order valence-corrected chi connectivity index (χ2v) is 4.28. The second kappa shape index (κ2) is 4.06. The maximum Gasteiger partial charge on any atom is 0.408 e. The van der Waals surface area contributed by atoms with E-state index in [1.54, 1.807) is 20.8 Å². The molecular formula is C9H15NO5. The minimum atomic E-state index is -0.929. The number of esters is 1. The summed E-state index contributed by atoms with van der Waals surface area (Å²) in [5.74, 6) is -0.604. The fraction of sp³-hybridized carbons (Fsp3) is 0.778. The van der Waals surface area contributed by atoms with E-state index in [2.05, 4.69) is 10.1 Å². The Labute approximate surface area is 87.5 Å². The van der Waals surface area contributed by atoms with Gasteiger partial charge in [-0.15, -0.1) is 0 Å². The molecule has 1 aliphatic rings. The van der Waals surface area contributed by atoms with Gasteiger partial charge in [-0.05, 0) is 20.8 Å². The van der Waals surface area contributed by atoms with Gasteiger partial charge in [0.25, 0.3) is 0 Å². The lowest BCUT2D eigenvalue weighted by Gasteiger charge is -2.22. The Balaban J connectivity index is 2.63. The molecule has 0 saturated carbocycles. The fourth-order valence-electron chi connectivity index (χ4n) is 1.18. The lowest BCUT2D eigenvalue weighted by atomic mass is 10.1. The quantitative estimate of drug-likeness (QED) is 0.625. The number of hydrogen-bond donors (Lipinski definition) is 2. The first-order valence-electron chi connectivity index (χ1n) is 4.64. The van der Waals surface area contributed by atoms with Crippen molar-refractivity contribution >= 4 is 12.1 Å². The monoisotopic (exact) mass is 217 g/mol. The molecule has 2 unspecified atom stereocenters. The van der Waals surface area contributed by atoms with Crippen LogP contribution in [0.4, 0.5) is 4.79 Å². The van der Waals surface area contributed by atoms with Crippen LogP contribution in [-0.4, -0.2) is 41.5 Å². The van der Waals surface area contributed by atoms with Crippen molar-refractivity contribution in [1.29, 1.82) is 0 Å². The minimum Gasteiger partial charge on any atom is -0.458 e. The van der Waals surface area contributed by atoms with E-state index in [0.717, 1.165) is 0 Å². The van der Waals surface area contributed by atoms with Crippen LogP contribution in [0.3, 0.4) is 0 Å². The van der Waals surface area contributed by atoms with Crippen molar-refractivity contribution in [3.05, 3.63) is 0 Å². The van der Waals surface area contributed by atoms with Crippen LogP contribution in [0, 0.1) is 0 Å². The van der Waals surface area contributed by atoms with Crippen LogP contribution >= 0.6 is 0 Å². The number of aliphatic hydroxyl groups excluding tert-OH is 1. The van der Waals surface area contributed by atoms with Crippen molar-refractivity contribution in [2.24, 2.45) is 0 Å². The van der Waals surface area contributed by atoms with E-state index in [0.29, 0.717) is 0 Å². The van der Waals surface area contributed by atoms with Gasteiger partial charge >= 0.3 is 12.1 Å². The number of carbonyl (C=O) groups is 2. The van der Waals surface area contributed by atoms with E-state index >= 15 is 0 Å². The van der Waals surface area contributed by atoms with Gasteiger partial charge in [-0.2, -0.15) is 0 Å². The van der Waals surface area contributed by atoms with Gasteiger partial charge in [0.1, 0.15) is 5.60 Å². The predicted octanol–water partition coefficient (Wildman–Crippen LogP) is -0.203. The summed E-state index contributed by atoms with van der Waals surface area (Å²) in [6, 6.07) is -0.929. The van der Waals surface area contributed by atoms with Gasteiger partial charge in [-0.25, -0.2) is 9.59 Å². The smallest absolute Gasteiger partial charge is 0.408 e. The molecule has 0 aromatic rings. The van der Waals surface area contributed by atoms with Crippen LogP contribution < -0.4 is 5.32 Å². The topological polar surface area (TPSA) is 84.9 Å². The van der Waals surface area contributed by atoms with Gasteiger partial charge in [0, 0.05) is 0 Å². The van der Waals surface area contributed by atoms with Gasteiger partial charge in [-0.3, -0.25) is 0 Å². The molecule has 1 amide bonds. The van der Waals surface area contributed by atoms with Crippen molar-refractivity contribution in [2.75, 3.05) is 6.61 Å². The number of nitrogens with one attached hydrogen (secondary N) is 1. The summed E-state index contributed by atoms with van der Waals surface area (Å²) < 4.78 is 9.72. The summed E-state index contributed by atoms with van der Waals surface area (Å²) >= 11 is 0. The second-order valence-electron chi connectivity index (χ2n) is 4.28. The number of alkyl carbamates (subject to hydrolysis) is 1. The van der Waals surface area contributed by atoms with Gasteiger partial charge in [0.2, 0.25) is 0 Å². The molecule has 2 atom stereocenters. The van der Waals surface area contributed by atoms with Crippen molar-refractivity contribution in [1.82, 2.24) is 5.32 Å². The van der Waals surface area contributed by atoms with Crippen LogP contribution in [0.1, 0.15) is 20.8 Å². The van der Waals surface area contributed by atoms with E-state index < -0.39 is 36.4 Å². The fourth-order valence-corrected chi connectivity index (χ4v) is 1.18. The van der Waals surface area contributed by atoms with Gasteiger partial charge in [0.05, 0.1) is 6.61 Å². The Morgan fingerprint density at radius 2 is 2.20 bits per heavy atom. The standard InChI is InChI=1S/C9H15NO5/c1-9(2,3)15-7(12)6-5(4-11)14-8(13)10-6/h5-6,11H,4H2,1-3H3,(H,10,13). The zero-order chi connectivity index (χ0) is 11.6. The molecule has 0 spiro atoms. The van der Waals surface area contributed by atoms with E-state index in [1.165, 1.54) is 0 Å². The number of hydrogen-bond acceptors (Lipinski definition) is 5. The van der Waals surface area contributed by atoms with Crippen LogP contribution in [0.5, 0.6) is 0 Å². The summed E-state index contributed by atoms with van der Waals surface area (Å²) in [6.07, 6.45) is -1.59. The van der Waals surface area contributed by atoms with Gasteiger partial charge < -0.3 is 19.9 Å². The number of rotatable bonds is 2. The molecule has 2 N–H and O–H groups in total. The average molecular weight is 217 g/mol. The van der Waals surface area contributed by atoms with E-state index in [4.69, 9.17) is 9.84 Å². The molecule has 0 aliphatic carbocycles. The SMILES string of the molecule is CC(C)(C)OC(=O)C1NC(=O)OC1CO. The van der Waals surface area contributed by atoms with Crippen LogP contribution in [0.25, 0.3) is 0 Å². The number of carbonyl (C=O) groups excluding carboxylic acids is 2. The Bertz CT molecular complexity index is 270. The molecule has 15 heavy (non-hydrogen) atoms. The van der Waals surface area contributed by atoms with Crippen molar-refractivity contribution in [3.63, 3.8) is 0 Å². The first-order valence-corrected chi connectivity index (χ1v) is 4.64. The summed E-state index contributed by atoms with van der Waals surface area (Å²) in [5.41, 5.74) is -0.635. The Kier molecular flexibility index (Phi) is 3.18. The maximum absolute atomic E-state index is 11.5. The normalized spacial score (nSPS) is 25.7.